The number of hydrogen-bond acceptors (Lipinski definition) is 5. The van der Waals surface area contributed by atoms with Crippen molar-refractivity contribution < 1.29 is 17.9 Å². The van der Waals surface area contributed by atoms with E-state index in [1.807, 2.05) is 6.92 Å². The van der Waals surface area contributed by atoms with Crippen LogP contribution in [0.5, 0.6) is 0 Å². The molecule has 2 fully saturated rings. The second kappa shape index (κ2) is 8.08. The second-order valence-electron chi connectivity index (χ2n) is 8.11. The predicted molar refractivity (Wildman–Crippen MR) is 107 cm³/mol. The van der Waals surface area contributed by atoms with Gasteiger partial charge in [-0.1, -0.05) is 0 Å². The highest BCUT2D eigenvalue weighted by atomic mass is 19.4. The molecule has 1 aromatic heterocycles. The summed E-state index contributed by atoms with van der Waals surface area (Å²) in [7, 11) is 2.13. The van der Waals surface area contributed by atoms with Crippen molar-refractivity contribution in [2.45, 2.75) is 25.3 Å². The van der Waals surface area contributed by atoms with E-state index in [4.69, 9.17) is 4.74 Å². The molecule has 4 rings (SSSR count). The van der Waals surface area contributed by atoms with Crippen LogP contribution in [0, 0.1) is 0 Å². The van der Waals surface area contributed by atoms with Gasteiger partial charge in [0.15, 0.2) is 0 Å². The zero-order valence-electron chi connectivity index (χ0n) is 16.8. The average molecular weight is 408 g/mol. The number of rotatable bonds is 3. The van der Waals surface area contributed by atoms with Gasteiger partial charge in [-0.15, -0.1) is 0 Å². The summed E-state index contributed by atoms with van der Waals surface area (Å²) in [6, 6.07) is 6.15. The molecular formula is C21H27F3N4O. The minimum absolute atomic E-state index is 0.00672. The number of benzene rings is 1. The highest BCUT2D eigenvalue weighted by molar-refractivity contribution is 5.94. The van der Waals surface area contributed by atoms with Gasteiger partial charge in [-0.05, 0) is 38.2 Å². The molecule has 5 nitrogen and oxygen atoms in total. The molecule has 8 heteroatoms. The lowest BCUT2D eigenvalue weighted by Crippen LogP contribution is -2.53. The van der Waals surface area contributed by atoms with Crippen LogP contribution in [0.25, 0.3) is 10.9 Å². The van der Waals surface area contributed by atoms with E-state index in [1.54, 1.807) is 18.2 Å². The van der Waals surface area contributed by atoms with Crippen molar-refractivity contribution >= 4 is 16.6 Å². The number of fused-ring (bicyclic) bond motifs is 1. The molecule has 0 spiro atoms. The maximum absolute atomic E-state index is 13.4. The lowest BCUT2D eigenvalue weighted by atomic mass is 10.0. The first-order valence-electron chi connectivity index (χ1n) is 10.1. The van der Waals surface area contributed by atoms with Crippen LogP contribution in [0.2, 0.25) is 0 Å². The maximum Gasteiger partial charge on any atom is 0.418 e. The topological polar surface area (TPSA) is 31.8 Å². The van der Waals surface area contributed by atoms with Crippen molar-refractivity contribution in [2.75, 3.05) is 57.8 Å². The zero-order chi connectivity index (χ0) is 20.6. The zero-order valence-corrected chi connectivity index (χ0v) is 16.8. The Bertz CT molecular complexity index is 851. The first-order chi connectivity index (χ1) is 13.8. The Balaban J connectivity index is 1.58. The molecule has 0 saturated carbocycles. The molecule has 0 radical (unpaired) electrons. The standard InChI is InChI=1S/C21H27F3N4O/c1-15-12-28(14-16(29-15)13-27-10-8-26(2)9-11-27)19-6-5-18(21(22,23)24)20-17(19)4-3-7-25-20/h3-7,15-16H,8-14H2,1-2H3. The number of aromatic nitrogens is 1. The van der Waals surface area contributed by atoms with Gasteiger partial charge in [-0.3, -0.25) is 9.88 Å². The molecule has 3 heterocycles. The SMILES string of the molecule is CC1CN(c2ccc(C(F)(F)F)c3ncccc23)CC(CN2CCN(C)CC2)O1. The molecule has 2 aliphatic rings. The number of pyridine rings is 1. The van der Waals surface area contributed by atoms with Crippen LogP contribution in [0.4, 0.5) is 18.9 Å². The molecule has 2 unspecified atom stereocenters. The first-order valence-corrected chi connectivity index (χ1v) is 10.1. The number of nitrogens with zero attached hydrogens (tertiary/aromatic N) is 4. The average Bonchev–Trinajstić information content (AvgIpc) is 2.67. The van der Waals surface area contributed by atoms with E-state index in [0.717, 1.165) is 44.5 Å². The van der Waals surface area contributed by atoms with Crippen molar-refractivity contribution in [3.05, 3.63) is 36.0 Å². The molecule has 0 amide bonds. The Labute approximate surface area is 169 Å². The third kappa shape index (κ3) is 4.49. The van der Waals surface area contributed by atoms with Gasteiger partial charge in [-0.2, -0.15) is 13.2 Å². The van der Waals surface area contributed by atoms with Crippen molar-refractivity contribution in [1.82, 2.24) is 14.8 Å². The van der Waals surface area contributed by atoms with Gasteiger partial charge in [-0.25, -0.2) is 0 Å². The molecule has 0 aliphatic carbocycles. The number of likely N-dealkylation sites (N-methyl/N-ethyl adjacent to an activating group) is 1. The van der Waals surface area contributed by atoms with E-state index < -0.39 is 11.7 Å². The molecule has 0 bridgehead atoms. The van der Waals surface area contributed by atoms with Gasteiger partial charge in [0.1, 0.15) is 0 Å². The fourth-order valence-electron chi connectivity index (χ4n) is 4.32. The number of ether oxygens (including phenoxy) is 1. The van der Waals surface area contributed by atoms with Crippen LogP contribution < -0.4 is 4.90 Å². The fourth-order valence-corrected chi connectivity index (χ4v) is 4.32. The number of anilines is 1. The van der Waals surface area contributed by atoms with Gasteiger partial charge in [0, 0.05) is 63.1 Å². The second-order valence-corrected chi connectivity index (χ2v) is 8.11. The monoisotopic (exact) mass is 408 g/mol. The molecule has 158 valence electrons. The summed E-state index contributed by atoms with van der Waals surface area (Å²) in [6.07, 6.45) is -2.97. The molecular weight excluding hydrogens is 381 g/mol. The van der Waals surface area contributed by atoms with Crippen LogP contribution >= 0.6 is 0 Å². The number of piperazine rings is 1. The number of morpholine rings is 1. The minimum atomic E-state index is -4.42. The van der Waals surface area contributed by atoms with E-state index in [9.17, 15) is 13.2 Å². The summed E-state index contributed by atoms with van der Waals surface area (Å²) in [5, 5.41) is 0.537. The van der Waals surface area contributed by atoms with Crippen LogP contribution in [-0.2, 0) is 10.9 Å². The van der Waals surface area contributed by atoms with Crippen molar-refractivity contribution in [2.24, 2.45) is 0 Å². The lowest BCUT2D eigenvalue weighted by molar-refractivity contribution is -0.136. The molecule has 2 atom stereocenters. The Morgan fingerprint density at radius 3 is 2.59 bits per heavy atom. The van der Waals surface area contributed by atoms with E-state index in [1.165, 1.54) is 6.20 Å². The number of halogens is 3. The summed E-state index contributed by atoms with van der Waals surface area (Å²) in [4.78, 5) is 10.9. The highest BCUT2D eigenvalue weighted by Gasteiger charge is 2.35. The molecule has 29 heavy (non-hydrogen) atoms. The maximum atomic E-state index is 13.4. The van der Waals surface area contributed by atoms with E-state index >= 15 is 0 Å². The summed E-state index contributed by atoms with van der Waals surface area (Å²) in [5.41, 5.74) is 0.110. The van der Waals surface area contributed by atoms with Gasteiger partial charge < -0.3 is 14.5 Å². The van der Waals surface area contributed by atoms with E-state index in [2.05, 4.69) is 26.7 Å². The minimum Gasteiger partial charge on any atom is -0.370 e. The third-order valence-electron chi connectivity index (χ3n) is 5.78. The predicted octanol–water partition coefficient (Wildman–Crippen LogP) is 3.09. The Hall–Kier alpha value is -1.90. The van der Waals surface area contributed by atoms with Crippen molar-refractivity contribution in [1.29, 1.82) is 0 Å². The summed E-state index contributed by atoms with van der Waals surface area (Å²) in [6.45, 7) is 8.28. The van der Waals surface area contributed by atoms with Crippen LogP contribution in [0.1, 0.15) is 12.5 Å². The van der Waals surface area contributed by atoms with Crippen LogP contribution in [-0.4, -0.2) is 79.9 Å². The lowest BCUT2D eigenvalue weighted by Gasteiger charge is -2.41. The van der Waals surface area contributed by atoms with Crippen LogP contribution in [0.3, 0.4) is 0 Å². The molecule has 0 N–H and O–H groups in total. The smallest absolute Gasteiger partial charge is 0.370 e. The third-order valence-corrected chi connectivity index (χ3v) is 5.78. The van der Waals surface area contributed by atoms with Gasteiger partial charge >= 0.3 is 6.18 Å². The van der Waals surface area contributed by atoms with Gasteiger partial charge in [0.25, 0.3) is 0 Å². The van der Waals surface area contributed by atoms with Crippen LogP contribution in [0.15, 0.2) is 30.5 Å². The quantitative estimate of drug-likeness (QED) is 0.779. The van der Waals surface area contributed by atoms with Crippen molar-refractivity contribution in [3.63, 3.8) is 0 Å². The van der Waals surface area contributed by atoms with Crippen molar-refractivity contribution in [3.8, 4) is 0 Å². The van der Waals surface area contributed by atoms with Gasteiger partial charge in [0.05, 0.1) is 23.3 Å². The Kier molecular flexibility index (Phi) is 5.68. The van der Waals surface area contributed by atoms with E-state index in [-0.39, 0.29) is 17.7 Å². The number of hydrogen-bond donors (Lipinski definition) is 0. The van der Waals surface area contributed by atoms with E-state index in [0.29, 0.717) is 18.5 Å². The number of alkyl halides is 3. The first kappa shape index (κ1) is 20.4. The molecule has 2 aromatic rings. The highest BCUT2D eigenvalue weighted by Crippen LogP contribution is 2.38. The summed E-state index contributed by atoms with van der Waals surface area (Å²) in [5.74, 6) is 0. The normalized spacial score (nSPS) is 24.9. The molecule has 2 aliphatic heterocycles. The molecule has 1 aromatic carbocycles. The summed E-state index contributed by atoms with van der Waals surface area (Å²) >= 11 is 0. The largest absolute Gasteiger partial charge is 0.418 e. The fraction of sp³-hybridized carbons (Fsp3) is 0.571. The Morgan fingerprint density at radius 2 is 1.86 bits per heavy atom. The van der Waals surface area contributed by atoms with Gasteiger partial charge in [0.2, 0.25) is 0 Å². The molecule has 2 saturated heterocycles. The summed E-state index contributed by atoms with van der Waals surface area (Å²) < 4.78 is 46.4. The Morgan fingerprint density at radius 1 is 1.10 bits per heavy atom.